The fraction of sp³-hybridized carbons (Fsp3) is 0.333. The van der Waals surface area contributed by atoms with Crippen molar-refractivity contribution in [2.24, 2.45) is 28.5 Å². The van der Waals surface area contributed by atoms with Crippen LogP contribution in [0.15, 0.2) is 66.2 Å². The lowest BCUT2D eigenvalue weighted by atomic mass is 9.82. The van der Waals surface area contributed by atoms with Crippen molar-refractivity contribution < 1.29 is 14.4 Å². The third kappa shape index (κ3) is 5.98. The number of allylic oxidation sites excluding steroid dienone is 1. The van der Waals surface area contributed by atoms with Crippen LogP contribution in [0.4, 0.5) is 5.69 Å². The Morgan fingerprint density at radius 1 is 1.20 bits per heavy atom. The van der Waals surface area contributed by atoms with Crippen LogP contribution in [0.3, 0.4) is 0 Å². The monoisotopic (exact) mass is 494 g/mol. The molecule has 1 heterocycles. The highest BCUT2D eigenvalue weighted by Crippen LogP contribution is 2.30. The van der Waals surface area contributed by atoms with E-state index in [1.54, 1.807) is 31.3 Å². The van der Waals surface area contributed by atoms with E-state index in [0.717, 1.165) is 5.56 Å². The minimum absolute atomic E-state index is 0.125. The van der Waals surface area contributed by atoms with E-state index in [1.165, 1.54) is 4.90 Å². The molecule has 3 amide bonds. The van der Waals surface area contributed by atoms with Crippen molar-refractivity contribution in [3.05, 3.63) is 77.3 Å². The number of carbonyl (C=O) groups excluding carboxylic acids is 3. The van der Waals surface area contributed by atoms with Gasteiger partial charge in [0, 0.05) is 23.2 Å². The number of fused-ring (bicyclic) bond motifs is 1. The number of hydrogen-bond acceptors (Lipinski definition) is 4. The van der Waals surface area contributed by atoms with Gasteiger partial charge in [0.1, 0.15) is 0 Å². The van der Waals surface area contributed by atoms with E-state index in [4.69, 9.17) is 22.3 Å². The van der Waals surface area contributed by atoms with Crippen LogP contribution in [0.25, 0.3) is 0 Å². The second kappa shape index (κ2) is 11.3. The van der Waals surface area contributed by atoms with Gasteiger partial charge in [0.2, 0.25) is 18.0 Å². The number of carbonyl (C=O) groups is 3. The molecule has 0 radical (unpaired) electrons. The minimum atomic E-state index is -1.19. The SMILES string of the molecule is C=CC[C@H](C(N)=O)[C@@H](CC(C)C)C(=O)N[C@@H]1N=C(c2ccccc2)c2cc(Cl)ccc2N(C)C1=O. The number of nitrogens with zero attached hydrogens (tertiary/aromatic N) is 2. The Kier molecular flexibility index (Phi) is 8.46. The van der Waals surface area contributed by atoms with E-state index in [1.807, 2.05) is 44.2 Å². The first kappa shape index (κ1) is 26.2. The van der Waals surface area contributed by atoms with Crippen molar-refractivity contribution in [1.82, 2.24) is 5.32 Å². The molecule has 184 valence electrons. The molecule has 3 N–H and O–H groups in total. The van der Waals surface area contributed by atoms with Crippen molar-refractivity contribution in [3.63, 3.8) is 0 Å². The Labute approximate surface area is 211 Å². The van der Waals surface area contributed by atoms with Gasteiger partial charge in [-0.1, -0.05) is 61.9 Å². The predicted molar refractivity (Wildman–Crippen MR) is 139 cm³/mol. The summed E-state index contributed by atoms with van der Waals surface area (Å²) in [7, 11) is 1.63. The lowest BCUT2D eigenvalue weighted by molar-refractivity contribution is -0.135. The topological polar surface area (TPSA) is 105 Å². The highest BCUT2D eigenvalue weighted by molar-refractivity contribution is 6.32. The second-order valence-electron chi connectivity index (χ2n) is 9.08. The van der Waals surface area contributed by atoms with Gasteiger partial charge in [-0.2, -0.15) is 0 Å². The number of benzene rings is 2. The van der Waals surface area contributed by atoms with Gasteiger partial charge in [0.25, 0.3) is 5.91 Å². The van der Waals surface area contributed by atoms with Crippen LogP contribution >= 0.6 is 11.6 Å². The molecule has 1 aliphatic rings. The third-order valence-electron chi connectivity index (χ3n) is 6.06. The van der Waals surface area contributed by atoms with Crippen molar-refractivity contribution >= 4 is 40.7 Å². The zero-order chi connectivity index (χ0) is 25.7. The summed E-state index contributed by atoms with van der Waals surface area (Å²) < 4.78 is 0. The summed E-state index contributed by atoms with van der Waals surface area (Å²) in [6.07, 6.45) is 1.07. The molecule has 0 aliphatic carbocycles. The number of aliphatic imine (C=N–C) groups is 1. The van der Waals surface area contributed by atoms with Crippen LogP contribution in [-0.4, -0.2) is 36.6 Å². The van der Waals surface area contributed by atoms with Crippen LogP contribution in [-0.2, 0) is 14.4 Å². The maximum absolute atomic E-state index is 13.5. The average Bonchev–Trinajstić information content (AvgIpc) is 2.91. The number of halogens is 1. The number of hydrogen-bond donors (Lipinski definition) is 2. The molecule has 0 saturated carbocycles. The molecule has 35 heavy (non-hydrogen) atoms. The molecule has 0 spiro atoms. The highest BCUT2D eigenvalue weighted by Gasteiger charge is 2.36. The molecular formula is C27H31ClN4O3. The maximum atomic E-state index is 13.5. The van der Waals surface area contributed by atoms with Gasteiger partial charge in [-0.3, -0.25) is 14.4 Å². The summed E-state index contributed by atoms with van der Waals surface area (Å²) in [5.41, 5.74) is 8.24. The molecule has 0 saturated heterocycles. The maximum Gasteiger partial charge on any atom is 0.272 e. The van der Waals surface area contributed by atoms with Gasteiger partial charge >= 0.3 is 0 Å². The Morgan fingerprint density at radius 3 is 2.49 bits per heavy atom. The quantitative estimate of drug-likeness (QED) is 0.516. The number of benzodiazepines with no additional fused rings is 1. The van der Waals surface area contributed by atoms with Crippen LogP contribution in [0.1, 0.15) is 37.8 Å². The number of nitrogens with two attached hydrogens (primary N) is 1. The summed E-state index contributed by atoms with van der Waals surface area (Å²) in [6.45, 7) is 7.62. The lowest BCUT2D eigenvalue weighted by Gasteiger charge is -2.27. The Hall–Kier alpha value is -3.45. The minimum Gasteiger partial charge on any atom is -0.369 e. The molecule has 3 atom stereocenters. The molecule has 7 nitrogen and oxygen atoms in total. The smallest absolute Gasteiger partial charge is 0.272 e. The summed E-state index contributed by atoms with van der Waals surface area (Å²) in [5.74, 6) is -2.77. The summed E-state index contributed by atoms with van der Waals surface area (Å²) in [4.78, 5) is 45.3. The zero-order valence-corrected chi connectivity index (χ0v) is 21.0. The highest BCUT2D eigenvalue weighted by atomic mass is 35.5. The van der Waals surface area contributed by atoms with Gasteiger partial charge in [0.15, 0.2) is 0 Å². The first-order valence-electron chi connectivity index (χ1n) is 11.5. The van der Waals surface area contributed by atoms with Gasteiger partial charge in [0.05, 0.1) is 23.2 Å². The van der Waals surface area contributed by atoms with Crippen molar-refractivity contribution in [1.29, 1.82) is 0 Å². The third-order valence-corrected chi connectivity index (χ3v) is 6.29. The van der Waals surface area contributed by atoms with Gasteiger partial charge in [-0.25, -0.2) is 4.99 Å². The van der Waals surface area contributed by atoms with E-state index in [2.05, 4.69) is 11.9 Å². The van der Waals surface area contributed by atoms with Crippen LogP contribution < -0.4 is 16.0 Å². The van der Waals surface area contributed by atoms with E-state index in [-0.39, 0.29) is 12.3 Å². The van der Waals surface area contributed by atoms with E-state index in [9.17, 15) is 14.4 Å². The van der Waals surface area contributed by atoms with Crippen molar-refractivity contribution in [2.45, 2.75) is 32.9 Å². The zero-order valence-electron chi connectivity index (χ0n) is 20.2. The van der Waals surface area contributed by atoms with Crippen molar-refractivity contribution in [2.75, 3.05) is 11.9 Å². The van der Waals surface area contributed by atoms with Crippen molar-refractivity contribution in [3.8, 4) is 0 Å². The molecule has 8 heteroatoms. The number of nitrogens with one attached hydrogen (secondary N) is 1. The Bertz CT molecular complexity index is 1150. The number of primary amides is 1. The van der Waals surface area contributed by atoms with Gasteiger partial charge in [-0.05, 0) is 37.0 Å². The largest absolute Gasteiger partial charge is 0.369 e. The average molecular weight is 495 g/mol. The van der Waals surface area contributed by atoms with E-state index >= 15 is 0 Å². The molecule has 0 fully saturated rings. The Morgan fingerprint density at radius 2 is 1.89 bits per heavy atom. The van der Waals surface area contributed by atoms with Gasteiger partial charge in [-0.15, -0.1) is 6.58 Å². The molecular weight excluding hydrogens is 464 g/mol. The fourth-order valence-electron chi connectivity index (χ4n) is 4.33. The predicted octanol–water partition coefficient (Wildman–Crippen LogP) is 3.94. The number of amides is 3. The van der Waals surface area contributed by atoms with Crippen LogP contribution in [0, 0.1) is 17.8 Å². The first-order valence-corrected chi connectivity index (χ1v) is 11.9. The molecule has 1 aliphatic heterocycles. The standard InChI is InChI=1S/C27H31ClN4O3/c1-5-9-19(24(29)33)20(14-16(2)3)26(34)31-25-27(35)32(4)22-13-12-18(28)15-21(22)23(30-25)17-10-7-6-8-11-17/h5-8,10-13,15-16,19-20,25H,1,9,14H2,2-4H3,(H2,29,33)(H,31,34)/t19-,20+,25-/m0/s1. The summed E-state index contributed by atoms with van der Waals surface area (Å²) in [6, 6.07) is 14.6. The Balaban J connectivity index is 2.06. The van der Waals surface area contributed by atoms with E-state index < -0.39 is 35.7 Å². The van der Waals surface area contributed by atoms with E-state index in [0.29, 0.717) is 28.4 Å². The van der Waals surface area contributed by atoms with Crippen LogP contribution in [0.2, 0.25) is 5.02 Å². The molecule has 0 aromatic heterocycles. The summed E-state index contributed by atoms with van der Waals surface area (Å²) >= 11 is 6.29. The number of anilines is 1. The van der Waals surface area contributed by atoms with Gasteiger partial charge < -0.3 is 16.0 Å². The van der Waals surface area contributed by atoms with Crippen LogP contribution in [0.5, 0.6) is 0 Å². The lowest BCUT2D eigenvalue weighted by Crippen LogP contribution is -2.50. The molecule has 0 bridgehead atoms. The number of likely N-dealkylation sites (N-methyl/N-ethyl adjacent to an activating group) is 1. The molecule has 2 aromatic carbocycles. The first-order chi connectivity index (χ1) is 16.6. The summed E-state index contributed by atoms with van der Waals surface area (Å²) in [5, 5.41) is 3.30. The number of rotatable bonds is 9. The molecule has 0 unspecified atom stereocenters. The molecule has 2 aromatic rings. The molecule has 3 rings (SSSR count). The normalized spacial score (nSPS) is 17.2. The second-order valence-corrected chi connectivity index (χ2v) is 9.52. The fourth-order valence-corrected chi connectivity index (χ4v) is 4.50.